The lowest BCUT2D eigenvalue weighted by Gasteiger charge is -2.51. The lowest BCUT2D eigenvalue weighted by molar-refractivity contribution is -0.148. The van der Waals surface area contributed by atoms with Crippen molar-refractivity contribution >= 4 is 5.97 Å². The standard InChI is InChI=1S/C20H26O5/c1-9(2)10-8-11-12(15(23)13(10)21)20-7-5-6-19(3,4)17(20)16(14(11)22)25-18(20)24/h8-9,14,16-17,21-23H,5-7H2,1-4H3/t14-,16-,17-,20?/m0/s1. The Balaban J connectivity index is 2.06. The summed E-state index contributed by atoms with van der Waals surface area (Å²) in [6, 6.07) is 1.74. The van der Waals surface area contributed by atoms with Crippen LogP contribution in [0.4, 0.5) is 0 Å². The molecule has 0 amide bonds. The normalized spacial score (nSPS) is 35.3. The fraction of sp³-hybridized carbons (Fsp3) is 0.650. The first-order valence-corrected chi connectivity index (χ1v) is 9.11. The van der Waals surface area contributed by atoms with Crippen molar-refractivity contribution < 1.29 is 24.9 Å². The van der Waals surface area contributed by atoms with Crippen molar-refractivity contribution in [2.24, 2.45) is 11.3 Å². The molecule has 136 valence electrons. The highest BCUT2D eigenvalue weighted by atomic mass is 16.6. The first-order chi connectivity index (χ1) is 11.6. The molecule has 0 spiro atoms. The van der Waals surface area contributed by atoms with Gasteiger partial charge in [0.25, 0.3) is 0 Å². The molecule has 5 heteroatoms. The van der Waals surface area contributed by atoms with Gasteiger partial charge in [-0.2, -0.15) is 0 Å². The van der Waals surface area contributed by atoms with Crippen LogP contribution in [0.25, 0.3) is 0 Å². The number of esters is 1. The highest BCUT2D eigenvalue weighted by Gasteiger charge is 2.70. The summed E-state index contributed by atoms with van der Waals surface area (Å²) in [7, 11) is 0. The minimum Gasteiger partial charge on any atom is -0.504 e. The summed E-state index contributed by atoms with van der Waals surface area (Å²) in [5.74, 6) is -1.05. The second-order valence-corrected chi connectivity index (χ2v) is 8.89. The van der Waals surface area contributed by atoms with Gasteiger partial charge in [0.2, 0.25) is 0 Å². The number of phenols is 2. The molecule has 2 fully saturated rings. The number of benzene rings is 1. The molecule has 3 aliphatic rings. The largest absolute Gasteiger partial charge is 0.504 e. The van der Waals surface area contributed by atoms with E-state index in [4.69, 9.17) is 4.74 Å². The van der Waals surface area contributed by atoms with Crippen molar-refractivity contribution in [3.05, 3.63) is 22.8 Å². The Morgan fingerprint density at radius 1 is 1.20 bits per heavy atom. The smallest absolute Gasteiger partial charge is 0.317 e. The van der Waals surface area contributed by atoms with Crippen LogP contribution >= 0.6 is 0 Å². The summed E-state index contributed by atoms with van der Waals surface area (Å²) in [6.07, 6.45) is 0.767. The van der Waals surface area contributed by atoms with Gasteiger partial charge in [0.05, 0.1) is 0 Å². The van der Waals surface area contributed by atoms with Gasteiger partial charge in [-0.1, -0.05) is 34.1 Å². The third-order valence-electron chi connectivity index (χ3n) is 6.73. The van der Waals surface area contributed by atoms with E-state index in [1.807, 2.05) is 13.8 Å². The minimum atomic E-state index is -0.985. The number of carbonyl (C=O) groups excluding carboxylic acids is 1. The Bertz CT molecular complexity index is 766. The molecule has 1 saturated carbocycles. The summed E-state index contributed by atoms with van der Waals surface area (Å²) in [4.78, 5) is 13.0. The van der Waals surface area contributed by atoms with Crippen LogP contribution in [0.2, 0.25) is 0 Å². The van der Waals surface area contributed by atoms with Gasteiger partial charge in [-0.3, -0.25) is 4.79 Å². The van der Waals surface area contributed by atoms with Crippen LogP contribution in [-0.4, -0.2) is 27.4 Å². The van der Waals surface area contributed by atoms with Gasteiger partial charge in [0, 0.05) is 17.0 Å². The van der Waals surface area contributed by atoms with Crippen molar-refractivity contribution in [3.63, 3.8) is 0 Å². The van der Waals surface area contributed by atoms with Crippen molar-refractivity contribution in [2.75, 3.05) is 0 Å². The summed E-state index contributed by atoms with van der Waals surface area (Å²) >= 11 is 0. The Kier molecular flexibility index (Phi) is 3.28. The van der Waals surface area contributed by atoms with Crippen LogP contribution in [0.1, 0.15) is 75.7 Å². The molecule has 1 saturated heterocycles. The van der Waals surface area contributed by atoms with Crippen molar-refractivity contribution in [3.8, 4) is 11.5 Å². The molecular weight excluding hydrogens is 320 g/mol. The summed E-state index contributed by atoms with van der Waals surface area (Å²) in [6.45, 7) is 8.02. The summed E-state index contributed by atoms with van der Waals surface area (Å²) in [5.41, 5.74) is 0.319. The predicted octanol–water partition coefficient (Wildman–Crippen LogP) is 3.26. The zero-order valence-corrected chi connectivity index (χ0v) is 15.2. The number of aliphatic hydroxyl groups excluding tert-OH is 1. The number of phenolic OH excluding ortho intramolecular Hbond substituents is 2. The molecule has 5 nitrogen and oxygen atoms in total. The number of fused-ring (bicyclic) bond motifs is 1. The Morgan fingerprint density at radius 2 is 1.88 bits per heavy atom. The highest BCUT2D eigenvalue weighted by Crippen LogP contribution is 2.66. The molecule has 1 heterocycles. The number of aromatic hydroxyl groups is 2. The van der Waals surface area contributed by atoms with Gasteiger partial charge < -0.3 is 20.1 Å². The average Bonchev–Trinajstić information content (AvgIpc) is 2.79. The molecule has 3 N–H and O–H groups in total. The average molecular weight is 346 g/mol. The maximum absolute atomic E-state index is 13.0. The molecule has 25 heavy (non-hydrogen) atoms. The molecule has 2 bridgehead atoms. The van der Waals surface area contributed by atoms with E-state index in [0.29, 0.717) is 23.1 Å². The SMILES string of the molecule is CC(C)c1cc2c(c(O)c1O)C13CCCC(C)(C)[C@@H]1[C@@H](OC3=O)[C@H]2O. The third kappa shape index (κ3) is 1.85. The van der Waals surface area contributed by atoms with Gasteiger partial charge in [-0.05, 0) is 35.8 Å². The second kappa shape index (κ2) is 4.91. The van der Waals surface area contributed by atoms with Gasteiger partial charge in [-0.25, -0.2) is 0 Å². The van der Waals surface area contributed by atoms with Crippen LogP contribution in [0.3, 0.4) is 0 Å². The van der Waals surface area contributed by atoms with E-state index in [1.54, 1.807) is 6.07 Å². The number of aliphatic hydroxyl groups is 1. The molecule has 4 atom stereocenters. The Labute approximate surface area is 147 Å². The molecule has 1 aliphatic heterocycles. The van der Waals surface area contributed by atoms with E-state index in [0.717, 1.165) is 12.8 Å². The van der Waals surface area contributed by atoms with E-state index < -0.39 is 17.6 Å². The monoisotopic (exact) mass is 346 g/mol. The molecule has 1 aromatic carbocycles. The predicted molar refractivity (Wildman–Crippen MR) is 91.5 cm³/mol. The van der Waals surface area contributed by atoms with Crippen LogP contribution in [0, 0.1) is 11.3 Å². The van der Waals surface area contributed by atoms with E-state index >= 15 is 0 Å². The molecule has 1 aromatic rings. The second-order valence-electron chi connectivity index (χ2n) is 8.89. The van der Waals surface area contributed by atoms with Crippen LogP contribution in [-0.2, 0) is 14.9 Å². The van der Waals surface area contributed by atoms with Crippen molar-refractivity contribution in [2.45, 2.75) is 70.5 Å². The fourth-order valence-electron chi connectivity index (χ4n) is 5.70. The van der Waals surface area contributed by atoms with Gasteiger partial charge in [0.15, 0.2) is 11.5 Å². The number of rotatable bonds is 1. The van der Waals surface area contributed by atoms with E-state index in [9.17, 15) is 20.1 Å². The molecule has 2 aliphatic carbocycles. The van der Waals surface area contributed by atoms with Gasteiger partial charge in [-0.15, -0.1) is 0 Å². The van der Waals surface area contributed by atoms with Crippen LogP contribution in [0.15, 0.2) is 6.07 Å². The summed E-state index contributed by atoms with van der Waals surface area (Å²) in [5, 5.41) is 32.4. The zero-order valence-electron chi connectivity index (χ0n) is 15.2. The molecule has 1 unspecified atom stereocenters. The highest BCUT2D eigenvalue weighted by molar-refractivity contribution is 5.90. The van der Waals surface area contributed by atoms with E-state index in [-0.39, 0.29) is 34.7 Å². The maximum atomic E-state index is 13.0. The van der Waals surface area contributed by atoms with Gasteiger partial charge >= 0.3 is 5.97 Å². The molecule has 4 rings (SSSR count). The van der Waals surface area contributed by atoms with Crippen molar-refractivity contribution in [1.29, 1.82) is 0 Å². The Hall–Kier alpha value is -1.75. The molecular formula is C20H26O5. The van der Waals surface area contributed by atoms with Gasteiger partial charge in [0.1, 0.15) is 17.6 Å². The molecule has 0 radical (unpaired) electrons. The number of hydrogen-bond donors (Lipinski definition) is 3. The van der Waals surface area contributed by atoms with E-state index in [2.05, 4.69) is 13.8 Å². The Morgan fingerprint density at radius 3 is 2.52 bits per heavy atom. The quantitative estimate of drug-likeness (QED) is 0.537. The zero-order chi connectivity index (χ0) is 18.3. The topological polar surface area (TPSA) is 87.0 Å². The van der Waals surface area contributed by atoms with Crippen molar-refractivity contribution in [1.82, 2.24) is 0 Å². The summed E-state index contributed by atoms with van der Waals surface area (Å²) < 4.78 is 5.67. The fourth-order valence-corrected chi connectivity index (χ4v) is 5.70. The third-order valence-corrected chi connectivity index (χ3v) is 6.73. The lowest BCUT2D eigenvalue weighted by Crippen LogP contribution is -2.54. The molecule has 0 aromatic heterocycles. The van der Waals surface area contributed by atoms with E-state index in [1.165, 1.54) is 0 Å². The maximum Gasteiger partial charge on any atom is 0.317 e. The number of ether oxygens (including phenoxy) is 1. The van der Waals surface area contributed by atoms with Crippen LogP contribution in [0.5, 0.6) is 11.5 Å². The number of carbonyl (C=O) groups is 1. The minimum absolute atomic E-state index is 0.0179. The lowest BCUT2D eigenvalue weighted by atomic mass is 9.49. The van der Waals surface area contributed by atoms with Crippen LogP contribution < -0.4 is 0 Å². The first-order valence-electron chi connectivity index (χ1n) is 9.11. The first kappa shape index (κ1) is 16.7. The number of hydrogen-bond acceptors (Lipinski definition) is 5.